The number of amides is 1. The van der Waals surface area contributed by atoms with Crippen molar-refractivity contribution in [2.75, 3.05) is 13.1 Å². The van der Waals surface area contributed by atoms with Gasteiger partial charge in [0.15, 0.2) is 0 Å². The van der Waals surface area contributed by atoms with Gasteiger partial charge in [0.05, 0.1) is 17.8 Å². The summed E-state index contributed by atoms with van der Waals surface area (Å²) in [5, 5.41) is 0. The van der Waals surface area contributed by atoms with Gasteiger partial charge in [-0.05, 0) is 78.5 Å². The molecule has 172 valence electrons. The smallest absolute Gasteiger partial charge is 0.330 e. The molecule has 4 nitrogen and oxygen atoms in total. The number of nitrogens with zero attached hydrogens (tertiary/aromatic N) is 3. The molecule has 1 aromatic heterocycles. The fourth-order valence-electron chi connectivity index (χ4n) is 3.86. The second kappa shape index (κ2) is 10.6. The van der Waals surface area contributed by atoms with E-state index in [0.29, 0.717) is 22.8 Å². The number of alkyl halides is 3. The number of carbonyl (C=O) groups excluding carboxylic acids is 1. The fourth-order valence-corrected chi connectivity index (χ4v) is 4.24. The van der Waals surface area contributed by atoms with Crippen LogP contribution in [-0.2, 0) is 17.5 Å². The van der Waals surface area contributed by atoms with E-state index >= 15 is 0 Å². The minimum atomic E-state index is -4.38. The van der Waals surface area contributed by atoms with Crippen LogP contribution in [0.1, 0.15) is 43.5 Å². The minimum Gasteiger partial charge on any atom is -0.330 e. The van der Waals surface area contributed by atoms with E-state index in [1.54, 1.807) is 6.08 Å². The highest BCUT2D eigenvalue weighted by atomic mass is 79.9. The molecule has 1 amide bonds. The Labute approximate surface area is 195 Å². The maximum absolute atomic E-state index is 13.2. The molecule has 1 saturated heterocycles. The maximum Gasteiger partial charge on any atom is 0.416 e. The maximum atomic E-state index is 13.2. The second-order valence-electron chi connectivity index (χ2n) is 8.23. The number of aromatic nitrogens is 1. The van der Waals surface area contributed by atoms with Crippen LogP contribution in [0, 0.1) is 0 Å². The first-order chi connectivity index (χ1) is 15.1. The van der Waals surface area contributed by atoms with Gasteiger partial charge in [0.1, 0.15) is 4.60 Å². The number of likely N-dealkylation sites (tertiary alicyclic amines) is 1. The molecule has 2 aromatic rings. The predicted octanol–water partition coefficient (Wildman–Crippen LogP) is 5.78. The van der Waals surface area contributed by atoms with Crippen molar-refractivity contribution < 1.29 is 18.0 Å². The van der Waals surface area contributed by atoms with Crippen molar-refractivity contribution in [2.45, 2.75) is 51.5 Å². The van der Waals surface area contributed by atoms with Gasteiger partial charge in [0, 0.05) is 31.2 Å². The van der Waals surface area contributed by atoms with Crippen molar-refractivity contribution >= 4 is 27.9 Å². The van der Waals surface area contributed by atoms with E-state index in [4.69, 9.17) is 0 Å². The summed E-state index contributed by atoms with van der Waals surface area (Å²) < 4.78 is 39.0. The lowest BCUT2D eigenvalue weighted by Gasteiger charge is -2.39. The summed E-state index contributed by atoms with van der Waals surface area (Å²) in [6.07, 6.45) is 0.358. The molecule has 1 aromatic carbocycles. The molecule has 0 saturated carbocycles. The Bertz CT molecular complexity index is 936. The zero-order valence-electron chi connectivity index (χ0n) is 18.1. The molecular formula is C24H27BrF3N3O. The van der Waals surface area contributed by atoms with Crippen molar-refractivity contribution in [2.24, 2.45) is 0 Å². The summed E-state index contributed by atoms with van der Waals surface area (Å²) in [7, 11) is 0. The summed E-state index contributed by atoms with van der Waals surface area (Å²) in [4.78, 5) is 21.8. The summed E-state index contributed by atoms with van der Waals surface area (Å²) in [6, 6.07) is 10.9. The zero-order chi connectivity index (χ0) is 23.3. The van der Waals surface area contributed by atoms with E-state index in [1.807, 2.05) is 23.1 Å². The average Bonchev–Trinajstić information content (AvgIpc) is 2.75. The molecule has 1 aliphatic heterocycles. The molecule has 32 heavy (non-hydrogen) atoms. The van der Waals surface area contributed by atoms with Crippen LogP contribution >= 0.6 is 15.9 Å². The molecular weight excluding hydrogens is 483 g/mol. The normalized spacial score (nSPS) is 16.1. The van der Waals surface area contributed by atoms with Gasteiger partial charge in [0.2, 0.25) is 5.91 Å². The summed E-state index contributed by atoms with van der Waals surface area (Å²) in [5.74, 6) is -0.172. The van der Waals surface area contributed by atoms with Crippen LogP contribution in [0.15, 0.2) is 53.1 Å². The predicted molar refractivity (Wildman–Crippen MR) is 123 cm³/mol. The van der Waals surface area contributed by atoms with Gasteiger partial charge in [-0.1, -0.05) is 18.2 Å². The van der Waals surface area contributed by atoms with Gasteiger partial charge >= 0.3 is 6.18 Å². The number of hydrogen-bond acceptors (Lipinski definition) is 3. The first-order valence-electron chi connectivity index (χ1n) is 10.6. The van der Waals surface area contributed by atoms with Gasteiger partial charge in [-0.2, -0.15) is 13.2 Å². The standard InChI is InChI=1S/C24H27BrF3N3O/c1-17(2)30-14-12-21(13-15-30)31(16-20-4-3-5-22(25)29-20)23(32)11-8-18-6-9-19(10-7-18)24(26,27)28/h3-11,17,21H,12-16H2,1-2H3/b11-8+. The summed E-state index contributed by atoms with van der Waals surface area (Å²) in [5.41, 5.74) is 0.615. The number of rotatable bonds is 6. The first-order valence-corrected chi connectivity index (χ1v) is 11.4. The number of piperidine rings is 1. The second-order valence-corrected chi connectivity index (χ2v) is 9.04. The Hall–Kier alpha value is -2.19. The van der Waals surface area contributed by atoms with Gasteiger partial charge in [-0.25, -0.2) is 4.98 Å². The van der Waals surface area contributed by atoms with E-state index in [-0.39, 0.29) is 11.9 Å². The SMILES string of the molecule is CC(C)N1CCC(N(Cc2cccc(Br)n2)C(=O)/C=C/c2ccc(C(F)(F)F)cc2)CC1. The molecule has 1 aliphatic rings. The monoisotopic (exact) mass is 509 g/mol. The largest absolute Gasteiger partial charge is 0.416 e. The summed E-state index contributed by atoms with van der Waals surface area (Å²) in [6.45, 7) is 6.55. The van der Waals surface area contributed by atoms with Crippen LogP contribution in [-0.4, -0.2) is 45.9 Å². The van der Waals surface area contributed by atoms with Crippen LogP contribution in [0.25, 0.3) is 6.08 Å². The molecule has 0 radical (unpaired) electrons. The van der Waals surface area contributed by atoms with Gasteiger partial charge in [-0.3, -0.25) is 4.79 Å². The molecule has 2 heterocycles. The van der Waals surface area contributed by atoms with Crippen molar-refractivity contribution in [3.63, 3.8) is 0 Å². The lowest BCUT2D eigenvalue weighted by atomic mass is 10.0. The first kappa shape index (κ1) is 24.5. The molecule has 0 aliphatic carbocycles. The van der Waals surface area contributed by atoms with Crippen LogP contribution in [0.2, 0.25) is 0 Å². The molecule has 1 fully saturated rings. The number of halogens is 4. The van der Waals surface area contributed by atoms with Crippen molar-refractivity contribution in [1.29, 1.82) is 0 Å². The third-order valence-electron chi connectivity index (χ3n) is 5.71. The third kappa shape index (κ3) is 6.65. The van der Waals surface area contributed by atoms with Crippen LogP contribution in [0.4, 0.5) is 13.2 Å². The number of pyridine rings is 1. The molecule has 0 spiro atoms. The topological polar surface area (TPSA) is 36.4 Å². The molecule has 0 atom stereocenters. The van der Waals surface area contributed by atoms with E-state index in [2.05, 4.69) is 39.7 Å². The van der Waals surface area contributed by atoms with Crippen LogP contribution in [0.3, 0.4) is 0 Å². The Morgan fingerprint density at radius 3 is 2.41 bits per heavy atom. The van der Waals surface area contributed by atoms with Crippen molar-refractivity contribution in [1.82, 2.24) is 14.8 Å². The number of benzene rings is 1. The summed E-state index contributed by atoms with van der Waals surface area (Å²) >= 11 is 3.37. The molecule has 8 heteroatoms. The zero-order valence-corrected chi connectivity index (χ0v) is 19.7. The van der Waals surface area contributed by atoms with Gasteiger partial charge in [-0.15, -0.1) is 0 Å². The Morgan fingerprint density at radius 2 is 1.84 bits per heavy atom. The van der Waals surface area contributed by atoms with Crippen molar-refractivity contribution in [3.8, 4) is 0 Å². The lowest BCUT2D eigenvalue weighted by molar-refractivity contribution is -0.137. The van der Waals surface area contributed by atoms with Crippen molar-refractivity contribution in [3.05, 3.63) is 70.0 Å². The molecule has 0 unspecified atom stereocenters. The third-order valence-corrected chi connectivity index (χ3v) is 6.16. The average molecular weight is 510 g/mol. The lowest BCUT2D eigenvalue weighted by Crippen LogP contribution is -2.48. The minimum absolute atomic E-state index is 0.0792. The fraction of sp³-hybridized carbons (Fsp3) is 0.417. The Balaban J connectivity index is 1.76. The van der Waals surface area contributed by atoms with E-state index in [0.717, 1.165) is 43.8 Å². The van der Waals surface area contributed by atoms with Crippen LogP contribution in [0.5, 0.6) is 0 Å². The number of hydrogen-bond donors (Lipinski definition) is 0. The van der Waals surface area contributed by atoms with Gasteiger partial charge in [0.25, 0.3) is 0 Å². The Kier molecular flexibility index (Phi) is 8.11. The van der Waals surface area contributed by atoms with E-state index in [9.17, 15) is 18.0 Å². The quantitative estimate of drug-likeness (QED) is 0.366. The highest BCUT2D eigenvalue weighted by molar-refractivity contribution is 9.10. The van der Waals surface area contributed by atoms with E-state index < -0.39 is 11.7 Å². The highest BCUT2D eigenvalue weighted by Gasteiger charge is 2.30. The van der Waals surface area contributed by atoms with E-state index in [1.165, 1.54) is 18.2 Å². The van der Waals surface area contributed by atoms with Crippen LogP contribution < -0.4 is 0 Å². The molecule has 0 bridgehead atoms. The van der Waals surface area contributed by atoms with Gasteiger partial charge < -0.3 is 9.80 Å². The highest BCUT2D eigenvalue weighted by Crippen LogP contribution is 2.29. The number of carbonyl (C=O) groups is 1. The Morgan fingerprint density at radius 1 is 1.19 bits per heavy atom. The molecule has 0 N–H and O–H groups in total. The molecule has 3 rings (SSSR count).